The molecule has 0 aliphatic carbocycles. The van der Waals surface area contributed by atoms with E-state index in [1.165, 1.54) is 0 Å². The highest BCUT2D eigenvalue weighted by Gasteiger charge is 2.39. The van der Waals surface area contributed by atoms with Crippen LogP contribution in [0.1, 0.15) is 20.3 Å². The summed E-state index contributed by atoms with van der Waals surface area (Å²) in [4.78, 5) is 13.5. The lowest BCUT2D eigenvalue weighted by Gasteiger charge is -2.45. The number of methoxy groups -OCH3 is 1. The van der Waals surface area contributed by atoms with E-state index in [4.69, 9.17) is 4.74 Å². The van der Waals surface area contributed by atoms with Crippen LogP contribution < -0.4 is 5.32 Å². The van der Waals surface area contributed by atoms with Crippen LogP contribution in [0.2, 0.25) is 0 Å². The quantitative estimate of drug-likeness (QED) is 0.651. The van der Waals surface area contributed by atoms with Crippen molar-refractivity contribution in [3.63, 3.8) is 0 Å². The molecule has 1 atom stereocenters. The number of rotatable bonds is 6. The first kappa shape index (κ1) is 13.4. The molecule has 0 radical (unpaired) electrons. The predicted molar refractivity (Wildman–Crippen MR) is 61.2 cm³/mol. The zero-order valence-electron chi connectivity index (χ0n) is 10.3. The minimum atomic E-state index is -0.571. The second kappa shape index (κ2) is 5.61. The summed E-state index contributed by atoms with van der Waals surface area (Å²) in [6.45, 7) is 5.92. The second-order valence-electron chi connectivity index (χ2n) is 4.65. The van der Waals surface area contributed by atoms with Gasteiger partial charge in [-0.15, -0.1) is 0 Å². The lowest BCUT2D eigenvalue weighted by atomic mass is 9.91. The molecule has 1 heterocycles. The van der Waals surface area contributed by atoms with E-state index in [0.717, 1.165) is 6.42 Å². The number of nitrogens with zero attached hydrogens (tertiary/aromatic N) is 1. The molecule has 0 aromatic heterocycles. The molecule has 0 aromatic rings. The Hall–Kier alpha value is -0.650. The molecule has 0 spiro atoms. The number of ether oxygens (including phenoxy) is 1. The average Bonchev–Trinajstić information content (AvgIpc) is 2.15. The van der Waals surface area contributed by atoms with Gasteiger partial charge < -0.3 is 15.2 Å². The molecule has 94 valence electrons. The second-order valence-corrected chi connectivity index (χ2v) is 4.65. The van der Waals surface area contributed by atoms with Gasteiger partial charge in [-0.05, 0) is 13.3 Å². The van der Waals surface area contributed by atoms with Crippen molar-refractivity contribution in [3.8, 4) is 0 Å². The predicted octanol–water partition coefficient (Wildman–Crippen LogP) is -0.406. The van der Waals surface area contributed by atoms with E-state index in [-0.39, 0.29) is 11.9 Å². The van der Waals surface area contributed by atoms with Crippen LogP contribution in [0.25, 0.3) is 0 Å². The van der Waals surface area contributed by atoms with Gasteiger partial charge >= 0.3 is 0 Å². The van der Waals surface area contributed by atoms with Crippen LogP contribution in [0.15, 0.2) is 0 Å². The van der Waals surface area contributed by atoms with Crippen molar-refractivity contribution in [3.05, 3.63) is 0 Å². The fourth-order valence-electron chi connectivity index (χ4n) is 1.94. The maximum atomic E-state index is 11.5. The highest BCUT2D eigenvalue weighted by Crippen LogP contribution is 2.23. The van der Waals surface area contributed by atoms with Gasteiger partial charge in [-0.25, -0.2) is 0 Å². The fraction of sp³-hybridized carbons (Fsp3) is 0.909. The number of amides is 1. The van der Waals surface area contributed by atoms with Gasteiger partial charge in [-0.3, -0.25) is 9.69 Å². The standard InChI is InChI=1S/C11H22N2O3/c1-4-11(15)7-13(8-11)5-10(14)12-9(2)6-16-3/h9,15H,4-8H2,1-3H3,(H,12,14). The number of aliphatic hydroxyl groups is 1. The van der Waals surface area contributed by atoms with Crippen molar-refractivity contribution in [2.75, 3.05) is 33.4 Å². The summed E-state index contributed by atoms with van der Waals surface area (Å²) in [5.41, 5.74) is -0.571. The molecule has 1 aliphatic heterocycles. The summed E-state index contributed by atoms with van der Waals surface area (Å²) in [6, 6.07) is 0.0313. The van der Waals surface area contributed by atoms with Crippen molar-refractivity contribution in [1.29, 1.82) is 0 Å². The Morgan fingerprint density at radius 2 is 2.25 bits per heavy atom. The lowest BCUT2D eigenvalue weighted by molar-refractivity contribution is -0.133. The molecular weight excluding hydrogens is 208 g/mol. The van der Waals surface area contributed by atoms with Gasteiger partial charge in [0.1, 0.15) is 0 Å². The molecule has 1 unspecified atom stereocenters. The zero-order chi connectivity index (χ0) is 12.2. The number of β-amino-alcohol motifs (C(OH)–C–C–N with tert-alkyl or cyclic N) is 1. The number of carbonyl (C=O) groups excluding carboxylic acids is 1. The lowest BCUT2D eigenvalue weighted by Crippen LogP contribution is -2.63. The smallest absolute Gasteiger partial charge is 0.234 e. The molecule has 5 heteroatoms. The van der Waals surface area contributed by atoms with Crippen LogP contribution in [0.5, 0.6) is 0 Å². The largest absolute Gasteiger partial charge is 0.387 e. The van der Waals surface area contributed by atoms with Gasteiger partial charge in [0.2, 0.25) is 5.91 Å². The summed E-state index contributed by atoms with van der Waals surface area (Å²) >= 11 is 0. The summed E-state index contributed by atoms with van der Waals surface area (Å²) < 4.78 is 4.93. The van der Waals surface area contributed by atoms with E-state index in [9.17, 15) is 9.90 Å². The van der Waals surface area contributed by atoms with Gasteiger partial charge in [-0.2, -0.15) is 0 Å². The van der Waals surface area contributed by atoms with Crippen LogP contribution in [-0.2, 0) is 9.53 Å². The number of carbonyl (C=O) groups is 1. The van der Waals surface area contributed by atoms with E-state index in [2.05, 4.69) is 5.32 Å². The molecule has 1 saturated heterocycles. The topological polar surface area (TPSA) is 61.8 Å². The van der Waals surface area contributed by atoms with Crippen LogP contribution >= 0.6 is 0 Å². The van der Waals surface area contributed by atoms with Crippen LogP contribution in [0.4, 0.5) is 0 Å². The Kier molecular flexibility index (Phi) is 4.70. The van der Waals surface area contributed by atoms with E-state index in [1.54, 1.807) is 7.11 Å². The SMILES string of the molecule is CCC1(O)CN(CC(=O)NC(C)COC)C1. The van der Waals surface area contributed by atoms with Crippen molar-refractivity contribution in [2.45, 2.75) is 31.9 Å². The van der Waals surface area contributed by atoms with E-state index < -0.39 is 5.60 Å². The Morgan fingerprint density at radius 3 is 2.75 bits per heavy atom. The summed E-state index contributed by atoms with van der Waals surface area (Å²) in [6.07, 6.45) is 0.741. The Balaban J connectivity index is 2.17. The minimum absolute atomic E-state index is 0.0114. The highest BCUT2D eigenvalue weighted by molar-refractivity contribution is 5.78. The minimum Gasteiger partial charge on any atom is -0.387 e. The van der Waals surface area contributed by atoms with Crippen molar-refractivity contribution in [2.24, 2.45) is 0 Å². The van der Waals surface area contributed by atoms with Gasteiger partial charge in [-0.1, -0.05) is 6.92 Å². The van der Waals surface area contributed by atoms with E-state index in [1.807, 2.05) is 18.7 Å². The summed E-state index contributed by atoms with van der Waals surface area (Å²) in [5, 5.41) is 12.6. The summed E-state index contributed by atoms with van der Waals surface area (Å²) in [5.74, 6) is -0.0114. The molecule has 5 nitrogen and oxygen atoms in total. The third kappa shape index (κ3) is 3.73. The molecule has 16 heavy (non-hydrogen) atoms. The molecule has 1 fully saturated rings. The normalized spacial score (nSPS) is 21.2. The number of hydrogen-bond acceptors (Lipinski definition) is 4. The van der Waals surface area contributed by atoms with Gasteiger partial charge in [0.15, 0.2) is 0 Å². The monoisotopic (exact) mass is 230 g/mol. The third-order valence-electron chi connectivity index (χ3n) is 2.89. The first-order chi connectivity index (χ1) is 7.49. The van der Waals surface area contributed by atoms with Crippen LogP contribution in [0.3, 0.4) is 0 Å². The number of nitrogens with one attached hydrogen (secondary N) is 1. The maximum absolute atomic E-state index is 11.5. The molecular formula is C11H22N2O3. The summed E-state index contributed by atoms with van der Waals surface area (Å²) in [7, 11) is 1.61. The van der Waals surface area contributed by atoms with Crippen molar-refractivity contribution < 1.29 is 14.6 Å². The highest BCUT2D eigenvalue weighted by atomic mass is 16.5. The zero-order valence-corrected chi connectivity index (χ0v) is 10.3. The van der Waals surface area contributed by atoms with Gasteiger partial charge in [0.05, 0.1) is 18.8 Å². The first-order valence-corrected chi connectivity index (χ1v) is 5.72. The molecule has 1 amide bonds. The van der Waals surface area contributed by atoms with Crippen LogP contribution in [-0.4, -0.2) is 60.9 Å². The average molecular weight is 230 g/mol. The molecule has 0 bridgehead atoms. The Labute approximate surface area is 96.8 Å². The molecule has 2 N–H and O–H groups in total. The molecule has 0 saturated carbocycles. The third-order valence-corrected chi connectivity index (χ3v) is 2.89. The van der Waals surface area contributed by atoms with Gasteiger partial charge in [0, 0.05) is 26.2 Å². The molecule has 1 rings (SSSR count). The van der Waals surface area contributed by atoms with Crippen molar-refractivity contribution in [1.82, 2.24) is 10.2 Å². The number of hydrogen-bond donors (Lipinski definition) is 2. The first-order valence-electron chi connectivity index (χ1n) is 5.72. The fourth-order valence-corrected chi connectivity index (χ4v) is 1.94. The Bertz CT molecular complexity index is 239. The van der Waals surface area contributed by atoms with Gasteiger partial charge in [0.25, 0.3) is 0 Å². The molecule has 0 aromatic carbocycles. The number of likely N-dealkylation sites (tertiary alicyclic amines) is 1. The Morgan fingerprint density at radius 1 is 1.62 bits per heavy atom. The van der Waals surface area contributed by atoms with E-state index >= 15 is 0 Å². The maximum Gasteiger partial charge on any atom is 0.234 e. The molecule has 1 aliphatic rings. The van der Waals surface area contributed by atoms with Crippen molar-refractivity contribution >= 4 is 5.91 Å². The van der Waals surface area contributed by atoms with Crippen LogP contribution in [0, 0.1) is 0 Å². The van der Waals surface area contributed by atoms with E-state index in [0.29, 0.717) is 26.2 Å².